The highest BCUT2D eigenvalue weighted by Crippen LogP contribution is 2.46. The van der Waals surface area contributed by atoms with Gasteiger partial charge in [-0.3, -0.25) is 0 Å². The van der Waals surface area contributed by atoms with Gasteiger partial charge in [0.05, 0.1) is 21.4 Å². The molecule has 10 aromatic carbocycles. The molecule has 0 unspecified atom stereocenters. The molecule has 0 aliphatic rings. The fourth-order valence-electron chi connectivity index (χ4n) is 9.55. The fourth-order valence-corrected chi connectivity index (χ4v) is 10.8. The average molecular weight is 807 g/mol. The van der Waals surface area contributed by atoms with Gasteiger partial charge in [0.25, 0.3) is 0 Å². The molecule has 13 aromatic rings. The molecule has 0 saturated heterocycles. The van der Waals surface area contributed by atoms with Gasteiger partial charge in [0.15, 0.2) is 17.5 Å². The van der Waals surface area contributed by atoms with E-state index in [4.69, 9.17) is 15.0 Å². The summed E-state index contributed by atoms with van der Waals surface area (Å²) >= 11 is 1.83. The van der Waals surface area contributed by atoms with E-state index in [1.165, 1.54) is 58.1 Å². The zero-order valence-electron chi connectivity index (χ0n) is 33.3. The smallest absolute Gasteiger partial charge is 0.164 e. The zero-order valence-corrected chi connectivity index (χ0v) is 34.1. The van der Waals surface area contributed by atoms with Crippen LogP contribution >= 0.6 is 11.3 Å². The van der Waals surface area contributed by atoms with Gasteiger partial charge in [0.1, 0.15) is 0 Å². The molecule has 13 rings (SSSR count). The van der Waals surface area contributed by atoms with Crippen LogP contribution in [0.4, 0.5) is 0 Å². The van der Waals surface area contributed by atoms with E-state index in [9.17, 15) is 0 Å². The van der Waals surface area contributed by atoms with Gasteiger partial charge in [-0.25, -0.2) is 15.0 Å². The van der Waals surface area contributed by atoms with E-state index in [0.29, 0.717) is 17.5 Å². The van der Waals surface area contributed by atoms with Crippen LogP contribution in [0.2, 0.25) is 0 Å². The van der Waals surface area contributed by atoms with Crippen molar-refractivity contribution in [1.82, 2.24) is 19.5 Å². The van der Waals surface area contributed by atoms with Crippen molar-refractivity contribution in [2.45, 2.75) is 0 Å². The Hall–Kier alpha value is -7.99. The standard InChI is InChI=1S/C57H34N4S/c1-2-15-35(16-3-1)36-20-14-21-40(31-36)55-58-56(60-57(59-55)48-33-39-19-6-7-22-41(39)42-23-8-9-24-43(42)48)46-29-30-50(54-53(46)45-26-11-13-28-52(45)62-54)61-49-27-12-10-25-44(49)47-32-37-17-4-5-18-38(37)34-51(47)61/h1-34H. The number of hydrogen-bond acceptors (Lipinski definition) is 4. The Balaban J connectivity index is 1.11. The van der Waals surface area contributed by atoms with Crippen LogP contribution in [0.5, 0.6) is 0 Å². The van der Waals surface area contributed by atoms with Gasteiger partial charge in [-0.1, -0.05) is 158 Å². The first-order chi connectivity index (χ1) is 30.7. The summed E-state index contributed by atoms with van der Waals surface area (Å²) in [7, 11) is 0. The minimum absolute atomic E-state index is 0.631. The molecule has 3 heterocycles. The largest absolute Gasteiger partial charge is 0.308 e. The van der Waals surface area contributed by atoms with Crippen LogP contribution in [-0.4, -0.2) is 19.5 Å². The molecule has 0 saturated carbocycles. The van der Waals surface area contributed by atoms with Crippen molar-refractivity contribution in [2.24, 2.45) is 0 Å². The summed E-state index contributed by atoms with van der Waals surface area (Å²) < 4.78 is 4.86. The Bertz CT molecular complexity index is 3940. The first kappa shape index (κ1) is 34.8. The second kappa shape index (κ2) is 13.8. The third-order valence-corrected chi connectivity index (χ3v) is 13.6. The molecule has 0 aliphatic heterocycles. The van der Waals surface area contributed by atoms with Crippen LogP contribution in [0.1, 0.15) is 0 Å². The summed E-state index contributed by atoms with van der Waals surface area (Å²) in [4.78, 5) is 16.2. The maximum atomic E-state index is 5.48. The second-order valence-corrected chi connectivity index (χ2v) is 17.0. The number of hydrogen-bond donors (Lipinski definition) is 0. The summed E-state index contributed by atoms with van der Waals surface area (Å²) in [6.07, 6.45) is 0. The summed E-state index contributed by atoms with van der Waals surface area (Å²) in [6, 6.07) is 73.8. The van der Waals surface area contributed by atoms with E-state index in [0.717, 1.165) is 49.7 Å². The highest BCUT2D eigenvalue weighted by molar-refractivity contribution is 7.26. The summed E-state index contributed by atoms with van der Waals surface area (Å²) in [5.41, 5.74) is 8.63. The van der Waals surface area contributed by atoms with Gasteiger partial charge in [-0.2, -0.15) is 0 Å². The Morgan fingerprint density at radius 2 is 0.952 bits per heavy atom. The SMILES string of the molecule is c1ccc(-c2cccc(-c3nc(-c4cc5ccccc5c5ccccc45)nc(-c4ccc(-n5c6ccccc6c6cc7ccccc7cc65)c5sc6ccccc6c45)n3)c2)cc1. The van der Waals surface area contributed by atoms with E-state index in [-0.39, 0.29) is 0 Å². The molecule has 288 valence electrons. The van der Waals surface area contributed by atoms with Crippen molar-refractivity contribution in [2.75, 3.05) is 0 Å². The highest BCUT2D eigenvalue weighted by atomic mass is 32.1. The molecule has 0 amide bonds. The number of rotatable bonds is 5. The average Bonchev–Trinajstić information content (AvgIpc) is 3.89. The molecule has 4 nitrogen and oxygen atoms in total. The van der Waals surface area contributed by atoms with Crippen molar-refractivity contribution in [3.63, 3.8) is 0 Å². The summed E-state index contributed by atoms with van der Waals surface area (Å²) in [6.45, 7) is 0. The normalized spacial score (nSPS) is 11.9. The molecular formula is C57H34N4S. The lowest BCUT2D eigenvalue weighted by molar-refractivity contribution is 1.08. The van der Waals surface area contributed by atoms with Crippen LogP contribution in [0.25, 0.3) is 125 Å². The van der Waals surface area contributed by atoms with Gasteiger partial charge >= 0.3 is 0 Å². The maximum Gasteiger partial charge on any atom is 0.164 e. The van der Waals surface area contributed by atoms with Crippen LogP contribution in [0.3, 0.4) is 0 Å². The molecule has 0 aliphatic carbocycles. The quantitative estimate of drug-likeness (QED) is 0.163. The minimum Gasteiger partial charge on any atom is -0.308 e. The van der Waals surface area contributed by atoms with E-state index >= 15 is 0 Å². The number of aromatic nitrogens is 4. The van der Waals surface area contributed by atoms with Gasteiger partial charge < -0.3 is 4.57 Å². The van der Waals surface area contributed by atoms with Crippen molar-refractivity contribution in [3.05, 3.63) is 206 Å². The van der Waals surface area contributed by atoms with Crippen molar-refractivity contribution >= 4 is 85.6 Å². The van der Waals surface area contributed by atoms with Crippen LogP contribution in [0, 0.1) is 0 Å². The predicted molar refractivity (Wildman–Crippen MR) is 261 cm³/mol. The molecule has 3 aromatic heterocycles. The van der Waals surface area contributed by atoms with E-state index in [1.54, 1.807) is 0 Å². The molecule has 0 N–H and O–H groups in total. The van der Waals surface area contributed by atoms with Crippen molar-refractivity contribution in [1.29, 1.82) is 0 Å². The summed E-state index contributed by atoms with van der Waals surface area (Å²) in [5.74, 6) is 1.91. The molecule has 62 heavy (non-hydrogen) atoms. The fraction of sp³-hybridized carbons (Fsp3) is 0. The van der Waals surface area contributed by atoms with E-state index in [2.05, 4.69) is 211 Å². The van der Waals surface area contributed by atoms with Gasteiger partial charge in [-0.05, 0) is 92.0 Å². The van der Waals surface area contributed by atoms with Gasteiger partial charge in [0.2, 0.25) is 0 Å². The summed E-state index contributed by atoms with van der Waals surface area (Å²) in [5, 5.41) is 11.9. The second-order valence-electron chi connectivity index (χ2n) is 15.9. The Kier molecular flexibility index (Phi) is 7.74. The molecule has 0 radical (unpaired) electrons. The van der Waals surface area contributed by atoms with Crippen LogP contribution < -0.4 is 0 Å². The molecule has 5 heteroatoms. The van der Waals surface area contributed by atoms with Crippen molar-refractivity contribution < 1.29 is 0 Å². The Morgan fingerprint density at radius 3 is 1.79 bits per heavy atom. The van der Waals surface area contributed by atoms with E-state index < -0.39 is 0 Å². The number of thiophene rings is 1. The first-order valence-corrected chi connectivity index (χ1v) is 21.7. The van der Waals surface area contributed by atoms with Gasteiger partial charge in [-0.15, -0.1) is 11.3 Å². The Labute approximate surface area is 360 Å². The van der Waals surface area contributed by atoms with Crippen LogP contribution in [-0.2, 0) is 0 Å². The highest BCUT2D eigenvalue weighted by Gasteiger charge is 2.23. The molecule has 0 bridgehead atoms. The molecule has 0 fully saturated rings. The first-order valence-electron chi connectivity index (χ1n) is 20.9. The lowest BCUT2D eigenvalue weighted by atomic mass is 9.96. The monoisotopic (exact) mass is 806 g/mol. The third kappa shape index (κ3) is 5.42. The maximum absolute atomic E-state index is 5.48. The topological polar surface area (TPSA) is 43.6 Å². The number of para-hydroxylation sites is 1. The van der Waals surface area contributed by atoms with E-state index in [1.807, 2.05) is 11.3 Å². The predicted octanol–water partition coefficient (Wildman–Crippen LogP) is 15.5. The number of fused-ring (bicyclic) bond motifs is 10. The van der Waals surface area contributed by atoms with Crippen molar-refractivity contribution in [3.8, 4) is 51.0 Å². The number of benzene rings is 10. The third-order valence-electron chi connectivity index (χ3n) is 12.4. The lowest BCUT2D eigenvalue weighted by Gasteiger charge is -2.15. The van der Waals surface area contributed by atoms with Gasteiger partial charge in [0, 0.05) is 42.9 Å². The lowest BCUT2D eigenvalue weighted by Crippen LogP contribution is -2.02. The zero-order chi connectivity index (χ0) is 40.7. The molecular weight excluding hydrogens is 773 g/mol. The Morgan fingerprint density at radius 1 is 0.339 bits per heavy atom. The number of nitrogens with zero attached hydrogens (tertiary/aromatic N) is 4. The molecule has 0 spiro atoms. The minimum atomic E-state index is 0.631. The molecule has 0 atom stereocenters. The van der Waals surface area contributed by atoms with Crippen LogP contribution in [0.15, 0.2) is 206 Å².